The third-order valence-corrected chi connectivity index (χ3v) is 3.11. The molecule has 0 atom stereocenters. The summed E-state index contributed by atoms with van der Waals surface area (Å²) in [7, 11) is 0. The smallest absolute Gasteiger partial charge is 0.293 e. The van der Waals surface area contributed by atoms with Gasteiger partial charge in [0, 0.05) is 26.2 Å². The van der Waals surface area contributed by atoms with Crippen molar-refractivity contribution in [1.82, 2.24) is 25.0 Å². The van der Waals surface area contributed by atoms with Crippen molar-refractivity contribution in [2.45, 2.75) is 0 Å². The number of halogens is 1. The fourth-order valence-electron chi connectivity index (χ4n) is 2.08. The zero-order chi connectivity index (χ0) is 13.1. The maximum absolute atomic E-state index is 12.2. The van der Waals surface area contributed by atoms with Crippen molar-refractivity contribution in [1.29, 1.82) is 0 Å². The van der Waals surface area contributed by atoms with Gasteiger partial charge in [-0.1, -0.05) is 18.2 Å². The largest absolute Gasteiger partial charge is 0.333 e. The third-order valence-electron chi connectivity index (χ3n) is 3.11. The van der Waals surface area contributed by atoms with Crippen molar-refractivity contribution in [3.8, 4) is 5.69 Å². The highest BCUT2D eigenvalue weighted by atomic mass is 35.5. The predicted octanol–water partition coefficient (Wildman–Crippen LogP) is 0.734. The van der Waals surface area contributed by atoms with Crippen LogP contribution in [0.4, 0.5) is 0 Å². The molecule has 1 aliphatic rings. The molecule has 0 aliphatic carbocycles. The molecule has 1 aliphatic heterocycles. The van der Waals surface area contributed by atoms with Crippen LogP contribution in [0.1, 0.15) is 10.6 Å². The summed E-state index contributed by atoms with van der Waals surface area (Å²) < 4.78 is 1.62. The maximum atomic E-state index is 12.2. The van der Waals surface area contributed by atoms with Crippen molar-refractivity contribution >= 4 is 18.3 Å². The van der Waals surface area contributed by atoms with Gasteiger partial charge in [0.05, 0.1) is 5.69 Å². The molecule has 1 N–H and O–H groups in total. The molecular formula is C13H16ClN5O. The highest BCUT2D eigenvalue weighted by molar-refractivity contribution is 5.90. The molecule has 0 spiro atoms. The van der Waals surface area contributed by atoms with Gasteiger partial charge in [-0.15, -0.1) is 17.5 Å². The molecule has 1 fully saturated rings. The number of para-hydroxylation sites is 1. The highest BCUT2D eigenvalue weighted by Crippen LogP contribution is 2.06. The van der Waals surface area contributed by atoms with Crippen molar-refractivity contribution < 1.29 is 4.79 Å². The summed E-state index contributed by atoms with van der Waals surface area (Å²) >= 11 is 0. The zero-order valence-electron chi connectivity index (χ0n) is 10.9. The average molecular weight is 294 g/mol. The minimum Gasteiger partial charge on any atom is -0.333 e. The number of amides is 1. The van der Waals surface area contributed by atoms with Gasteiger partial charge in [-0.3, -0.25) is 4.79 Å². The molecule has 0 saturated carbocycles. The lowest BCUT2D eigenvalue weighted by Gasteiger charge is -2.26. The van der Waals surface area contributed by atoms with Crippen LogP contribution in [0.5, 0.6) is 0 Å². The molecule has 1 saturated heterocycles. The zero-order valence-corrected chi connectivity index (χ0v) is 11.7. The lowest BCUT2D eigenvalue weighted by Crippen LogP contribution is -2.46. The molecule has 1 aromatic carbocycles. The molecule has 0 radical (unpaired) electrons. The van der Waals surface area contributed by atoms with E-state index in [-0.39, 0.29) is 24.1 Å². The first-order valence-electron chi connectivity index (χ1n) is 6.32. The summed E-state index contributed by atoms with van der Waals surface area (Å²) in [4.78, 5) is 18.1. The molecule has 0 unspecified atom stereocenters. The Labute approximate surface area is 123 Å². The summed E-state index contributed by atoms with van der Waals surface area (Å²) in [5, 5.41) is 7.46. The minimum absolute atomic E-state index is 0. The number of rotatable bonds is 2. The second kappa shape index (κ2) is 6.49. The molecule has 6 nitrogen and oxygen atoms in total. The highest BCUT2D eigenvalue weighted by Gasteiger charge is 2.21. The Kier molecular flexibility index (Phi) is 4.70. The van der Waals surface area contributed by atoms with E-state index in [9.17, 15) is 4.79 Å². The first-order valence-corrected chi connectivity index (χ1v) is 6.32. The summed E-state index contributed by atoms with van der Waals surface area (Å²) in [5.74, 6) is 0.155. The van der Waals surface area contributed by atoms with Crippen LogP contribution in [0.3, 0.4) is 0 Å². The van der Waals surface area contributed by atoms with Gasteiger partial charge in [0.1, 0.15) is 6.33 Å². The van der Waals surface area contributed by atoms with E-state index in [4.69, 9.17) is 0 Å². The van der Waals surface area contributed by atoms with E-state index < -0.39 is 0 Å². The molecule has 1 aromatic heterocycles. The van der Waals surface area contributed by atoms with Crippen LogP contribution in [0.15, 0.2) is 36.7 Å². The van der Waals surface area contributed by atoms with E-state index >= 15 is 0 Å². The minimum atomic E-state index is -0.101. The predicted molar refractivity (Wildman–Crippen MR) is 77.4 cm³/mol. The second-order valence-electron chi connectivity index (χ2n) is 4.39. The Hall–Kier alpha value is -1.92. The lowest BCUT2D eigenvalue weighted by molar-refractivity contribution is 0.0723. The molecule has 2 aromatic rings. The normalized spacial score (nSPS) is 14.7. The van der Waals surface area contributed by atoms with Gasteiger partial charge in [0.15, 0.2) is 0 Å². The van der Waals surface area contributed by atoms with E-state index in [1.807, 2.05) is 30.3 Å². The van der Waals surface area contributed by atoms with Gasteiger partial charge in [0.2, 0.25) is 5.82 Å². The van der Waals surface area contributed by atoms with Crippen LogP contribution in [0, 0.1) is 0 Å². The van der Waals surface area contributed by atoms with Crippen LogP contribution >= 0.6 is 12.4 Å². The summed E-state index contributed by atoms with van der Waals surface area (Å²) in [6.07, 6.45) is 1.57. The second-order valence-corrected chi connectivity index (χ2v) is 4.39. The molecule has 20 heavy (non-hydrogen) atoms. The molecule has 1 amide bonds. The van der Waals surface area contributed by atoms with E-state index in [0.717, 1.165) is 18.8 Å². The number of benzene rings is 1. The maximum Gasteiger partial charge on any atom is 0.293 e. The van der Waals surface area contributed by atoms with Crippen molar-refractivity contribution in [2.24, 2.45) is 0 Å². The Morgan fingerprint density at radius 1 is 1.15 bits per heavy atom. The van der Waals surface area contributed by atoms with Crippen LogP contribution in [-0.4, -0.2) is 51.8 Å². The van der Waals surface area contributed by atoms with E-state index in [1.165, 1.54) is 0 Å². The molecule has 2 heterocycles. The number of carbonyl (C=O) groups excluding carboxylic acids is 1. The number of carbonyl (C=O) groups is 1. The standard InChI is InChI=1S/C13H15N5O.ClH/c19-13(17-8-6-14-7-9-17)12-15-10-18(16-12)11-4-2-1-3-5-11;/h1-5,10,14H,6-9H2;1H. The van der Waals surface area contributed by atoms with E-state index in [0.29, 0.717) is 13.1 Å². The summed E-state index contributed by atoms with van der Waals surface area (Å²) in [5.41, 5.74) is 0.898. The Bertz CT molecular complexity index is 565. The quantitative estimate of drug-likeness (QED) is 0.887. The molecule has 0 bridgehead atoms. The molecular weight excluding hydrogens is 278 g/mol. The number of nitrogens with zero attached hydrogens (tertiary/aromatic N) is 4. The van der Waals surface area contributed by atoms with Crippen molar-refractivity contribution in [3.05, 3.63) is 42.5 Å². The Morgan fingerprint density at radius 3 is 2.55 bits per heavy atom. The van der Waals surface area contributed by atoms with Crippen LogP contribution in [0.2, 0.25) is 0 Å². The van der Waals surface area contributed by atoms with Gasteiger partial charge >= 0.3 is 0 Å². The van der Waals surface area contributed by atoms with Crippen LogP contribution < -0.4 is 5.32 Å². The SMILES string of the molecule is Cl.O=C(c1ncn(-c2ccccc2)n1)N1CCNCC1. The van der Waals surface area contributed by atoms with Crippen LogP contribution in [0.25, 0.3) is 5.69 Å². The lowest BCUT2D eigenvalue weighted by atomic mass is 10.3. The first kappa shape index (κ1) is 14.5. The van der Waals surface area contributed by atoms with Gasteiger partial charge in [-0.05, 0) is 12.1 Å². The third kappa shape index (κ3) is 2.97. The average Bonchev–Trinajstić information content (AvgIpc) is 2.98. The van der Waals surface area contributed by atoms with Gasteiger partial charge < -0.3 is 10.2 Å². The fraction of sp³-hybridized carbons (Fsp3) is 0.308. The first-order chi connectivity index (χ1) is 9.34. The van der Waals surface area contributed by atoms with Crippen LogP contribution in [-0.2, 0) is 0 Å². The molecule has 3 rings (SSSR count). The Balaban J connectivity index is 0.00000147. The summed E-state index contributed by atoms with van der Waals surface area (Å²) in [6.45, 7) is 3.06. The number of hydrogen-bond acceptors (Lipinski definition) is 4. The van der Waals surface area contributed by atoms with E-state index in [1.54, 1.807) is 15.9 Å². The summed E-state index contributed by atoms with van der Waals surface area (Å²) in [6, 6.07) is 9.64. The molecule has 106 valence electrons. The van der Waals surface area contributed by atoms with E-state index in [2.05, 4.69) is 15.4 Å². The topological polar surface area (TPSA) is 63.1 Å². The number of piperazine rings is 1. The van der Waals surface area contributed by atoms with Gasteiger partial charge in [-0.2, -0.15) is 0 Å². The van der Waals surface area contributed by atoms with Crippen molar-refractivity contribution in [2.75, 3.05) is 26.2 Å². The van der Waals surface area contributed by atoms with Crippen molar-refractivity contribution in [3.63, 3.8) is 0 Å². The van der Waals surface area contributed by atoms with Gasteiger partial charge in [-0.25, -0.2) is 9.67 Å². The number of hydrogen-bond donors (Lipinski definition) is 1. The Morgan fingerprint density at radius 2 is 1.85 bits per heavy atom. The number of aromatic nitrogens is 3. The molecule has 7 heteroatoms. The van der Waals surface area contributed by atoms with Gasteiger partial charge in [0.25, 0.3) is 5.91 Å². The number of nitrogens with one attached hydrogen (secondary N) is 1. The fourth-order valence-corrected chi connectivity index (χ4v) is 2.08. The monoisotopic (exact) mass is 293 g/mol.